The van der Waals surface area contributed by atoms with E-state index in [0.29, 0.717) is 5.75 Å². The van der Waals surface area contributed by atoms with Crippen molar-refractivity contribution in [3.8, 4) is 5.75 Å². The molecule has 2 unspecified atom stereocenters. The number of phenols is 1. The van der Waals surface area contributed by atoms with E-state index in [2.05, 4.69) is 30.3 Å². The molecule has 19 heavy (non-hydrogen) atoms. The van der Waals surface area contributed by atoms with E-state index in [1.165, 1.54) is 25.9 Å². The van der Waals surface area contributed by atoms with Crippen LogP contribution in [0.3, 0.4) is 0 Å². The molecule has 1 aromatic carbocycles. The smallest absolute Gasteiger partial charge is 0.120 e. The highest BCUT2D eigenvalue weighted by Gasteiger charge is 2.18. The molecular formula is C16H26N2O. The standard InChI is InChI=1S/C16H26N2O/c1-12-6-7-15(16(19)9-12)13(2)17-10-14-5-4-8-18(3)11-14/h6-7,9,13-14,17,19H,4-5,8,10-11H2,1-3H3. The average molecular weight is 262 g/mol. The number of hydrogen-bond donors (Lipinski definition) is 2. The van der Waals surface area contributed by atoms with Gasteiger partial charge >= 0.3 is 0 Å². The van der Waals surface area contributed by atoms with Gasteiger partial charge in [0.05, 0.1) is 0 Å². The summed E-state index contributed by atoms with van der Waals surface area (Å²) in [6.07, 6.45) is 2.61. The quantitative estimate of drug-likeness (QED) is 0.876. The predicted octanol–water partition coefficient (Wildman–Crippen LogP) is 2.69. The van der Waals surface area contributed by atoms with E-state index in [4.69, 9.17) is 0 Å². The van der Waals surface area contributed by atoms with Crippen molar-refractivity contribution in [3.63, 3.8) is 0 Å². The number of aromatic hydroxyl groups is 1. The number of benzene rings is 1. The minimum atomic E-state index is 0.202. The maximum atomic E-state index is 9.99. The van der Waals surface area contributed by atoms with Gasteiger partial charge < -0.3 is 15.3 Å². The number of nitrogens with zero attached hydrogens (tertiary/aromatic N) is 1. The van der Waals surface area contributed by atoms with Crippen molar-refractivity contribution >= 4 is 0 Å². The van der Waals surface area contributed by atoms with Crippen molar-refractivity contribution in [3.05, 3.63) is 29.3 Å². The summed E-state index contributed by atoms with van der Waals surface area (Å²) in [6, 6.07) is 6.12. The fourth-order valence-electron chi connectivity index (χ4n) is 2.91. The number of hydrogen-bond acceptors (Lipinski definition) is 3. The van der Waals surface area contributed by atoms with E-state index in [0.717, 1.165) is 23.6 Å². The Hall–Kier alpha value is -1.06. The van der Waals surface area contributed by atoms with Gasteiger partial charge in [0.25, 0.3) is 0 Å². The highest BCUT2D eigenvalue weighted by atomic mass is 16.3. The molecule has 0 spiro atoms. The average Bonchev–Trinajstić information content (AvgIpc) is 2.36. The van der Waals surface area contributed by atoms with Crippen molar-refractivity contribution in [1.82, 2.24) is 10.2 Å². The first-order valence-electron chi connectivity index (χ1n) is 7.27. The van der Waals surface area contributed by atoms with Crippen LogP contribution in [0.15, 0.2) is 18.2 Å². The summed E-state index contributed by atoms with van der Waals surface area (Å²) in [6.45, 7) is 7.56. The first-order valence-corrected chi connectivity index (χ1v) is 7.27. The molecule has 0 aromatic heterocycles. The SMILES string of the molecule is Cc1ccc(C(C)NCC2CCCN(C)C2)c(O)c1. The Kier molecular flexibility index (Phi) is 4.83. The lowest BCUT2D eigenvalue weighted by Gasteiger charge is -2.30. The lowest BCUT2D eigenvalue weighted by Crippen LogP contribution is -2.37. The van der Waals surface area contributed by atoms with Crippen molar-refractivity contribution in [2.75, 3.05) is 26.7 Å². The second-order valence-electron chi connectivity index (χ2n) is 5.96. The van der Waals surface area contributed by atoms with Crippen molar-refractivity contribution < 1.29 is 5.11 Å². The summed E-state index contributed by atoms with van der Waals surface area (Å²) in [4.78, 5) is 2.41. The van der Waals surface area contributed by atoms with Gasteiger partial charge in [-0.15, -0.1) is 0 Å². The van der Waals surface area contributed by atoms with Gasteiger partial charge in [-0.1, -0.05) is 12.1 Å². The van der Waals surface area contributed by atoms with Gasteiger partial charge in [0.2, 0.25) is 0 Å². The largest absolute Gasteiger partial charge is 0.508 e. The molecule has 1 heterocycles. The van der Waals surface area contributed by atoms with Gasteiger partial charge in [-0.3, -0.25) is 0 Å². The molecule has 0 amide bonds. The Balaban J connectivity index is 1.88. The Morgan fingerprint density at radius 1 is 1.47 bits per heavy atom. The molecule has 2 N–H and O–H groups in total. The third-order valence-corrected chi connectivity index (χ3v) is 4.09. The number of piperidine rings is 1. The lowest BCUT2D eigenvalue weighted by atomic mass is 9.97. The fraction of sp³-hybridized carbons (Fsp3) is 0.625. The van der Waals surface area contributed by atoms with Gasteiger partial charge in [-0.2, -0.15) is 0 Å². The minimum absolute atomic E-state index is 0.202. The normalized spacial score (nSPS) is 22.4. The van der Waals surface area contributed by atoms with Crippen molar-refractivity contribution in [1.29, 1.82) is 0 Å². The maximum absolute atomic E-state index is 9.99. The van der Waals surface area contributed by atoms with Crippen LogP contribution in [-0.4, -0.2) is 36.7 Å². The van der Waals surface area contributed by atoms with E-state index in [-0.39, 0.29) is 6.04 Å². The zero-order valence-corrected chi connectivity index (χ0v) is 12.3. The number of aryl methyl sites for hydroxylation is 1. The molecule has 1 aromatic rings. The Morgan fingerprint density at radius 2 is 2.26 bits per heavy atom. The van der Waals surface area contributed by atoms with Gasteiger partial charge in [-0.25, -0.2) is 0 Å². The van der Waals surface area contributed by atoms with Crippen molar-refractivity contribution in [2.45, 2.75) is 32.7 Å². The highest BCUT2D eigenvalue weighted by Crippen LogP contribution is 2.25. The summed E-state index contributed by atoms with van der Waals surface area (Å²) in [5.74, 6) is 1.13. The van der Waals surface area contributed by atoms with E-state index in [1.807, 2.05) is 19.1 Å². The third kappa shape index (κ3) is 3.95. The van der Waals surface area contributed by atoms with Crippen LogP contribution in [-0.2, 0) is 0 Å². The van der Waals surface area contributed by atoms with E-state index in [9.17, 15) is 5.11 Å². The van der Waals surface area contributed by atoms with Crippen LogP contribution in [0.4, 0.5) is 0 Å². The Morgan fingerprint density at radius 3 is 2.95 bits per heavy atom. The van der Waals surface area contributed by atoms with Crippen LogP contribution in [0.5, 0.6) is 5.75 Å². The molecule has 106 valence electrons. The molecule has 0 saturated carbocycles. The van der Waals surface area contributed by atoms with Crippen LogP contribution in [0.2, 0.25) is 0 Å². The molecule has 0 aliphatic carbocycles. The summed E-state index contributed by atoms with van der Waals surface area (Å²) in [5.41, 5.74) is 2.09. The van der Waals surface area contributed by atoms with E-state index >= 15 is 0 Å². The topological polar surface area (TPSA) is 35.5 Å². The second-order valence-corrected chi connectivity index (χ2v) is 5.96. The molecular weight excluding hydrogens is 236 g/mol. The van der Waals surface area contributed by atoms with E-state index < -0.39 is 0 Å². The summed E-state index contributed by atoms with van der Waals surface area (Å²) >= 11 is 0. The summed E-state index contributed by atoms with van der Waals surface area (Å²) in [7, 11) is 2.20. The lowest BCUT2D eigenvalue weighted by molar-refractivity contribution is 0.203. The molecule has 1 aliphatic heterocycles. The van der Waals surface area contributed by atoms with Crippen LogP contribution in [0, 0.1) is 12.8 Å². The monoisotopic (exact) mass is 262 g/mol. The molecule has 3 heteroatoms. The number of rotatable bonds is 4. The molecule has 0 radical (unpaired) electrons. The van der Waals surface area contributed by atoms with Crippen LogP contribution in [0.1, 0.15) is 36.9 Å². The summed E-state index contributed by atoms with van der Waals surface area (Å²) < 4.78 is 0. The van der Waals surface area contributed by atoms with Crippen LogP contribution >= 0.6 is 0 Å². The zero-order valence-electron chi connectivity index (χ0n) is 12.3. The van der Waals surface area contributed by atoms with Gasteiger partial charge in [0.1, 0.15) is 5.75 Å². The minimum Gasteiger partial charge on any atom is -0.508 e. The number of nitrogens with one attached hydrogen (secondary N) is 1. The van der Waals surface area contributed by atoms with Gasteiger partial charge in [0, 0.05) is 18.2 Å². The molecule has 1 saturated heterocycles. The molecule has 2 atom stereocenters. The molecule has 2 rings (SSSR count). The first kappa shape index (κ1) is 14.4. The number of phenolic OH excluding ortho intramolecular Hbond substituents is 1. The molecule has 3 nitrogen and oxygen atoms in total. The maximum Gasteiger partial charge on any atom is 0.120 e. The van der Waals surface area contributed by atoms with Gasteiger partial charge in [0.15, 0.2) is 0 Å². The first-order chi connectivity index (χ1) is 9.06. The predicted molar refractivity (Wildman–Crippen MR) is 79.5 cm³/mol. The molecule has 1 fully saturated rings. The Bertz CT molecular complexity index is 419. The fourth-order valence-corrected chi connectivity index (χ4v) is 2.91. The summed E-state index contributed by atoms with van der Waals surface area (Å²) in [5, 5.41) is 13.6. The zero-order chi connectivity index (χ0) is 13.8. The Labute approximate surface area is 116 Å². The van der Waals surface area contributed by atoms with E-state index in [1.54, 1.807) is 0 Å². The van der Waals surface area contributed by atoms with Gasteiger partial charge in [-0.05, 0) is 64.4 Å². The molecule has 0 bridgehead atoms. The highest BCUT2D eigenvalue weighted by molar-refractivity contribution is 5.37. The van der Waals surface area contributed by atoms with Crippen LogP contribution < -0.4 is 5.32 Å². The van der Waals surface area contributed by atoms with Crippen molar-refractivity contribution in [2.24, 2.45) is 5.92 Å². The molecule has 1 aliphatic rings. The second kappa shape index (κ2) is 6.40. The third-order valence-electron chi connectivity index (χ3n) is 4.09. The number of likely N-dealkylation sites (tertiary alicyclic amines) is 1. The van der Waals surface area contributed by atoms with Crippen LogP contribution in [0.25, 0.3) is 0 Å².